The van der Waals surface area contributed by atoms with E-state index in [0.29, 0.717) is 6.42 Å². The Labute approximate surface area is 146 Å². The van der Waals surface area contributed by atoms with Gasteiger partial charge in [-0.05, 0) is 32.6 Å². The molecule has 0 aliphatic heterocycles. The van der Waals surface area contributed by atoms with Crippen LogP contribution in [0.5, 0.6) is 0 Å². The fraction of sp³-hybridized carbons (Fsp3) is 0.842. The van der Waals surface area contributed by atoms with Crippen LogP contribution in [0.15, 0.2) is 12.2 Å². The van der Waals surface area contributed by atoms with Gasteiger partial charge in [0.25, 0.3) is 0 Å². The van der Waals surface area contributed by atoms with Gasteiger partial charge in [0.1, 0.15) is 11.7 Å². The maximum Gasteiger partial charge on any atom is 0.303 e. The molecule has 0 aromatic rings. The van der Waals surface area contributed by atoms with E-state index < -0.39 is 23.8 Å². The molecule has 5 nitrogen and oxygen atoms in total. The molecule has 3 unspecified atom stereocenters. The van der Waals surface area contributed by atoms with Crippen LogP contribution in [0.2, 0.25) is 0 Å². The van der Waals surface area contributed by atoms with Gasteiger partial charge in [-0.1, -0.05) is 57.6 Å². The van der Waals surface area contributed by atoms with Crippen molar-refractivity contribution in [1.29, 1.82) is 0 Å². The van der Waals surface area contributed by atoms with Gasteiger partial charge < -0.3 is 20.4 Å². The number of aliphatic hydroxyl groups is 3. The summed E-state index contributed by atoms with van der Waals surface area (Å²) < 4.78 is 0. The van der Waals surface area contributed by atoms with Crippen molar-refractivity contribution in [2.24, 2.45) is 0 Å². The molecule has 5 heteroatoms. The second-order valence-electron chi connectivity index (χ2n) is 6.84. The minimum atomic E-state index is -1.42. The van der Waals surface area contributed by atoms with E-state index in [4.69, 9.17) is 5.11 Å². The second-order valence-corrected chi connectivity index (χ2v) is 6.84. The number of aliphatic carboxylic acids is 1. The van der Waals surface area contributed by atoms with Gasteiger partial charge in [0.2, 0.25) is 0 Å². The molecule has 3 atom stereocenters. The number of carboxylic acids is 1. The average molecular weight is 344 g/mol. The van der Waals surface area contributed by atoms with Crippen LogP contribution >= 0.6 is 0 Å². The summed E-state index contributed by atoms with van der Waals surface area (Å²) in [7, 11) is 0. The highest BCUT2D eigenvalue weighted by atomic mass is 16.4. The van der Waals surface area contributed by atoms with Crippen molar-refractivity contribution < 1.29 is 25.2 Å². The summed E-state index contributed by atoms with van der Waals surface area (Å²) in [5, 5.41) is 38.9. The molecule has 4 N–H and O–H groups in total. The first kappa shape index (κ1) is 23.1. The molecule has 0 aliphatic carbocycles. The SMILES string of the molecule is CCCCCC(O)C(O)C(C)(O)/C=C\CCCCCCCC(=O)O. The van der Waals surface area contributed by atoms with Crippen molar-refractivity contribution in [3.8, 4) is 0 Å². The van der Waals surface area contributed by atoms with Crippen LogP contribution in [0.1, 0.15) is 84.5 Å². The van der Waals surface area contributed by atoms with Crippen LogP contribution in [-0.4, -0.2) is 44.2 Å². The third kappa shape index (κ3) is 11.6. The zero-order valence-corrected chi connectivity index (χ0v) is 15.3. The molecule has 0 fully saturated rings. The molecule has 142 valence electrons. The fourth-order valence-corrected chi connectivity index (χ4v) is 2.64. The van der Waals surface area contributed by atoms with Gasteiger partial charge in [-0.25, -0.2) is 0 Å². The maximum atomic E-state index is 10.4. The van der Waals surface area contributed by atoms with E-state index >= 15 is 0 Å². The van der Waals surface area contributed by atoms with Crippen molar-refractivity contribution in [3.63, 3.8) is 0 Å². The summed E-state index contributed by atoms with van der Waals surface area (Å²) >= 11 is 0. The number of hydrogen-bond acceptors (Lipinski definition) is 4. The molecule has 0 bridgehead atoms. The predicted molar refractivity (Wildman–Crippen MR) is 95.9 cm³/mol. The monoisotopic (exact) mass is 344 g/mol. The minimum absolute atomic E-state index is 0.237. The second kappa shape index (κ2) is 13.4. The minimum Gasteiger partial charge on any atom is -0.481 e. The number of allylic oxidation sites excluding steroid dienone is 1. The topological polar surface area (TPSA) is 98.0 Å². The molecular weight excluding hydrogens is 308 g/mol. The molecule has 24 heavy (non-hydrogen) atoms. The van der Waals surface area contributed by atoms with Crippen molar-refractivity contribution in [3.05, 3.63) is 12.2 Å². The molecular formula is C19H36O5. The van der Waals surface area contributed by atoms with Crippen molar-refractivity contribution in [1.82, 2.24) is 0 Å². The van der Waals surface area contributed by atoms with Crippen LogP contribution in [0.3, 0.4) is 0 Å². The predicted octanol–water partition coefficient (Wildman–Crippen LogP) is 3.41. The first-order valence-corrected chi connectivity index (χ1v) is 9.29. The Morgan fingerprint density at radius 2 is 1.67 bits per heavy atom. The van der Waals surface area contributed by atoms with E-state index in [0.717, 1.165) is 57.8 Å². The van der Waals surface area contributed by atoms with E-state index in [1.807, 2.05) is 6.08 Å². The van der Waals surface area contributed by atoms with Gasteiger partial charge in [-0.15, -0.1) is 0 Å². The molecule has 0 spiro atoms. The number of carbonyl (C=O) groups is 1. The van der Waals surface area contributed by atoms with Crippen molar-refractivity contribution in [2.45, 2.75) is 102 Å². The van der Waals surface area contributed by atoms with Crippen LogP contribution < -0.4 is 0 Å². The van der Waals surface area contributed by atoms with Gasteiger partial charge in [0.15, 0.2) is 0 Å². The van der Waals surface area contributed by atoms with E-state index in [-0.39, 0.29) is 6.42 Å². The summed E-state index contributed by atoms with van der Waals surface area (Å²) in [4.78, 5) is 10.4. The summed E-state index contributed by atoms with van der Waals surface area (Å²) in [6.07, 6.45) is 10.4. The Kier molecular flexibility index (Phi) is 12.9. The maximum absolute atomic E-state index is 10.4. The van der Waals surface area contributed by atoms with Crippen molar-refractivity contribution in [2.75, 3.05) is 0 Å². The van der Waals surface area contributed by atoms with E-state index in [1.165, 1.54) is 6.92 Å². The number of hydrogen-bond donors (Lipinski definition) is 4. The molecule has 0 radical (unpaired) electrons. The lowest BCUT2D eigenvalue weighted by atomic mass is 9.91. The molecule has 0 saturated heterocycles. The average Bonchev–Trinajstić information content (AvgIpc) is 2.52. The normalized spacial score (nSPS) is 16.9. The number of rotatable bonds is 15. The Bertz CT molecular complexity index is 352. The van der Waals surface area contributed by atoms with Crippen LogP contribution in [0.25, 0.3) is 0 Å². The van der Waals surface area contributed by atoms with E-state index in [2.05, 4.69) is 6.92 Å². The van der Waals surface area contributed by atoms with Gasteiger partial charge in [-0.3, -0.25) is 4.79 Å². The Morgan fingerprint density at radius 3 is 2.29 bits per heavy atom. The Morgan fingerprint density at radius 1 is 1.04 bits per heavy atom. The van der Waals surface area contributed by atoms with Gasteiger partial charge >= 0.3 is 5.97 Å². The lowest BCUT2D eigenvalue weighted by molar-refractivity contribution is -0.137. The van der Waals surface area contributed by atoms with Crippen LogP contribution in [-0.2, 0) is 4.79 Å². The number of unbranched alkanes of at least 4 members (excludes halogenated alkanes) is 7. The largest absolute Gasteiger partial charge is 0.481 e. The standard InChI is InChI=1S/C19H36O5/c1-3-4-10-13-16(20)18(23)19(2,24)15-12-9-7-5-6-8-11-14-17(21)22/h12,15-16,18,20,23-24H,3-11,13-14H2,1-2H3,(H,21,22)/b15-12-. The highest BCUT2D eigenvalue weighted by Gasteiger charge is 2.32. The van der Waals surface area contributed by atoms with Crippen molar-refractivity contribution >= 4 is 5.97 Å². The lowest BCUT2D eigenvalue weighted by Crippen LogP contribution is -2.45. The zero-order valence-electron chi connectivity index (χ0n) is 15.3. The third-order valence-corrected chi connectivity index (χ3v) is 4.28. The Hall–Kier alpha value is -0.910. The number of carboxylic acid groups (broad SMARTS) is 1. The molecule has 0 aliphatic rings. The first-order valence-electron chi connectivity index (χ1n) is 9.29. The molecule has 0 saturated carbocycles. The van der Waals surface area contributed by atoms with Crippen LogP contribution in [0.4, 0.5) is 0 Å². The molecule has 0 heterocycles. The Balaban J connectivity index is 3.90. The zero-order chi connectivity index (χ0) is 18.4. The fourth-order valence-electron chi connectivity index (χ4n) is 2.64. The summed E-state index contributed by atoms with van der Waals surface area (Å²) in [5.41, 5.74) is -1.42. The highest BCUT2D eigenvalue weighted by Crippen LogP contribution is 2.19. The molecule has 0 rings (SSSR count). The van der Waals surface area contributed by atoms with E-state index in [9.17, 15) is 20.1 Å². The first-order chi connectivity index (χ1) is 11.3. The molecule has 0 aromatic heterocycles. The lowest BCUT2D eigenvalue weighted by Gasteiger charge is -2.29. The van der Waals surface area contributed by atoms with Gasteiger partial charge in [0.05, 0.1) is 6.10 Å². The third-order valence-electron chi connectivity index (χ3n) is 4.28. The highest BCUT2D eigenvalue weighted by molar-refractivity contribution is 5.66. The van der Waals surface area contributed by atoms with E-state index in [1.54, 1.807) is 6.08 Å². The summed E-state index contributed by atoms with van der Waals surface area (Å²) in [5.74, 6) is -0.740. The number of aliphatic hydroxyl groups excluding tert-OH is 2. The quantitative estimate of drug-likeness (QED) is 0.270. The van der Waals surface area contributed by atoms with Gasteiger partial charge in [-0.2, -0.15) is 0 Å². The van der Waals surface area contributed by atoms with Gasteiger partial charge in [0, 0.05) is 6.42 Å². The molecule has 0 aromatic carbocycles. The van der Waals surface area contributed by atoms with Crippen LogP contribution in [0, 0.1) is 0 Å². The summed E-state index contributed by atoms with van der Waals surface area (Å²) in [6.45, 7) is 3.59. The smallest absolute Gasteiger partial charge is 0.303 e. The molecule has 0 amide bonds. The summed E-state index contributed by atoms with van der Waals surface area (Å²) in [6, 6.07) is 0.